The summed E-state index contributed by atoms with van der Waals surface area (Å²) >= 11 is 0. The molecule has 184 valence electrons. The highest BCUT2D eigenvalue weighted by Crippen LogP contribution is 2.41. The number of anilines is 1. The lowest BCUT2D eigenvalue weighted by Gasteiger charge is -2.18. The maximum atomic E-state index is 14.9. The van der Waals surface area contributed by atoms with Gasteiger partial charge >= 0.3 is 6.18 Å². The maximum Gasteiger partial charge on any atom is 0.416 e. The lowest BCUT2D eigenvalue weighted by molar-refractivity contribution is -0.137. The van der Waals surface area contributed by atoms with Gasteiger partial charge in [0.1, 0.15) is 17.5 Å². The summed E-state index contributed by atoms with van der Waals surface area (Å²) in [7, 11) is 0. The number of nitrogen functional groups attached to an aromatic ring is 1. The van der Waals surface area contributed by atoms with Gasteiger partial charge in [0, 0.05) is 41.5 Å². The van der Waals surface area contributed by atoms with Crippen molar-refractivity contribution in [1.82, 2.24) is 14.9 Å². The summed E-state index contributed by atoms with van der Waals surface area (Å²) in [5.74, 6) is -1.63. The van der Waals surface area contributed by atoms with Gasteiger partial charge < -0.3 is 15.6 Å². The van der Waals surface area contributed by atoms with E-state index in [1.165, 1.54) is 30.5 Å². The van der Waals surface area contributed by atoms with E-state index < -0.39 is 23.4 Å². The Hall–Kier alpha value is -4.21. The summed E-state index contributed by atoms with van der Waals surface area (Å²) in [6.45, 7) is 0.185. The molecule has 10 heteroatoms. The summed E-state index contributed by atoms with van der Waals surface area (Å²) in [5, 5.41) is 2.80. The van der Waals surface area contributed by atoms with E-state index >= 15 is 0 Å². The lowest BCUT2D eigenvalue weighted by Crippen LogP contribution is -2.32. The van der Waals surface area contributed by atoms with Gasteiger partial charge in [-0.1, -0.05) is 18.2 Å². The predicted octanol–water partition coefficient (Wildman–Crippen LogP) is 5.43. The largest absolute Gasteiger partial charge is 0.416 e. The Morgan fingerprint density at radius 2 is 1.72 bits per heavy atom. The molecule has 0 saturated carbocycles. The maximum absolute atomic E-state index is 14.9. The number of fused-ring (bicyclic) bond motifs is 1. The van der Waals surface area contributed by atoms with Gasteiger partial charge in [-0.25, -0.2) is 13.8 Å². The lowest BCUT2D eigenvalue weighted by atomic mass is 9.95. The summed E-state index contributed by atoms with van der Waals surface area (Å²) in [5.41, 5.74) is 7.86. The number of nitrogens with zero attached hydrogens (tertiary/aromatic N) is 2. The number of nitrogens with two attached hydrogens (primary N) is 1. The van der Waals surface area contributed by atoms with E-state index in [1.807, 2.05) is 0 Å². The van der Waals surface area contributed by atoms with E-state index in [0.29, 0.717) is 52.7 Å². The number of hydrogen-bond acceptors (Lipinski definition) is 3. The number of hydrogen-bond donors (Lipinski definition) is 2. The van der Waals surface area contributed by atoms with Crippen molar-refractivity contribution in [2.24, 2.45) is 0 Å². The third-order valence-electron chi connectivity index (χ3n) is 6.14. The zero-order chi connectivity index (χ0) is 25.6. The van der Waals surface area contributed by atoms with Crippen LogP contribution < -0.4 is 11.1 Å². The normalized spacial score (nSPS) is 13.4. The van der Waals surface area contributed by atoms with E-state index in [-0.39, 0.29) is 23.8 Å². The fourth-order valence-electron chi connectivity index (χ4n) is 4.55. The molecule has 0 spiro atoms. The van der Waals surface area contributed by atoms with Gasteiger partial charge in [0.15, 0.2) is 0 Å². The van der Waals surface area contributed by atoms with E-state index in [2.05, 4.69) is 10.3 Å². The topological polar surface area (TPSA) is 72.9 Å². The SMILES string of the molecule is Nc1cc(-c2c(-c3ccc(F)cc3)c3c(n2Cc2ccc(C(F)(F)F)cc2F)CCNC3=O)ccn1. The molecule has 1 amide bonds. The second-order valence-electron chi connectivity index (χ2n) is 8.42. The molecule has 2 aromatic carbocycles. The highest BCUT2D eigenvalue weighted by Gasteiger charge is 2.33. The molecule has 36 heavy (non-hydrogen) atoms. The van der Waals surface area contributed by atoms with Crippen LogP contribution in [0.15, 0.2) is 60.8 Å². The van der Waals surface area contributed by atoms with Crippen molar-refractivity contribution < 1.29 is 26.7 Å². The highest BCUT2D eigenvalue weighted by atomic mass is 19.4. The fourth-order valence-corrected chi connectivity index (χ4v) is 4.55. The van der Waals surface area contributed by atoms with Gasteiger partial charge in [-0.15, -0.1) is 0 Å². The molecule has 2 aromatic heterocycles. The number of carbonyl (C=O) groups is 1. The van der Waals surface area contributed by atoms with Crippen molar-refractivity contribution >= 4 is 11.7 Å². The van der Waals surface area contributed by atoms with Gasteiger partial charge in [0.25, 0.3) is 5.91 Å². The van der Waals surface area contributed by atoms with Crippen LogP contribution in [0.2, 0.25) is 0 Å². The molecule has 0 aliphatic carbocycles. The summed E-state index contributed by atoms with van der Waals surface area (Å²) in [6.07, 6.45) is -2.80. The molecule has 1 aliphatic heterocycles. The zero-order valence-electron chi connectivity index (χ0n) is 18.7. The van der Waals surface area contributed by atoms with Crippen molar-refractivity contribution in [3.63, 3.8) is 0 Å². The fraction of sp³-hybridized carbons (Fsp3) is 0.154. The van der Waals surface area contributed by atoms with Crippen LogP contribution >= 0.6 is 0 Å². The van der Waals surface area contributed by atoms with E-state index in [0.717, 1.165) is 12.1 Å². The Balaban J connectivity index is 1.78. The van der Waals surface area contributed by atoms with Crippen LogP contribution in [0, 0.1) is 11.6 Å². The number of benzene rings is 2. The Kier molecular flexibility index (Phi) is 5.74. The number of rotatable bonds is 4. The zero-order valence-corrected chi connectivity index (χ0v) is 18.7. The standard InChI is InChI=1S/C26H19F5N4O/c27-18-5-2-14(3-6-18)22-23-20(8-10-34-25(23)36)35(24(22)15-7-9-33-21(32)11-15)13-16-1-4-17(12-19(16)28)26(29,30)31/h1-7,9,11-12H,8,10,13H2,(H2,32,33)(H,34,36). The van der Waals surface area contributed by atoms with Crippen molar-refractivity contribution in [3.8, 4) is 22.4 Å². The first-order chi connectivity index (χ1) is 17.1. The third-order valence-corrected chi connectivity index (χ3v) is 6.14. The molecule has 0 fully saturated rings. The first kappa shape index (κ1) is 23.5. The molecule has 0 radical (unpaired) electrons. The Bertz CT molecular complexity index is 1480. The minimum absolute atomic E-state index is 0.0146. The smallest absolute Gasteiger partial charge is 0.384 e. The first-order valence-corrected chi connectivity index (χ1v) is 11.0. The van der Waals surface area contributed by atoms with Crippen LogP contribution in [0.3, 0.4) is 0 Å². The molecule has 0 saturated heterocycles. The summed E-state index contributed by atoms with van der Waals surface area (Å²) in [6, 6.07) is 11.2. The number of aromatic nitrogens is 2. The molecule has 5 nitrogen and oxygen atoms in total. The second kappa shape index (κ2) is 8.78. The molecule has 0 unspecified atom stereocenters. The first-order valence-electron chi connectivity index (χ1n) is 11.0. The molecule has 1 aliphatic rings. The van der Waals surface area contributed by atoms with Crippen LogP contribution in [0.1, 0.15) is 27.2 Å². The van der Waals surface area contributed by atoms with E-state index in [1.54, 1.807) is 16.7 Å². The van der Waals surface area contributed by atoms with Crippen LogP contribution in [-0.2, 0) is 19.1 Å². The second-order valence-corrected chi connectivity index (χ2v) is 8.42. The van der Waals surface area contributed by atoms with Crippen LogP contribution in [-0.4, -0.2) is 22.0 Å². The molecule has 3 heterocycles. The summed E-state index contributed by atoms with van der Waals surface area (Å²) in [4.78, 5) is 17.1. The number of nitrogens with one attached hydrogen (secondary N) is 1. The molecular weight excluding hydrogens is 479 g/mol. The minimum Gasteiger partial charge on any atom is -0.384 e. The molecule has 4 aromatic rings. The minimum atomic E-state index is -4.68. The van der Waals surface area contributed by atoms with Gasteiger partial charge in [-0.05, 0) is 42.0 Å². The Labute approximate surface area is 202 Å². The third kappa shape index (κ3) is 4.19. The van der Waals surface area contributed by atoms with Crippen molar-refractivity contribution in [3.05, 3.63) is 94.8 Å². The average Bonchev–Trinajstić information content (AvgIpc) is 3.15. The number of alkyl halides is 3. The highest BCUT2D eigenvalue weighted by molar-refractivity contribution is 6.07. The van der Waals surface area contributed by atoms with Crippen molar-refractivity contribution in [2.75, 3.05) is 12.3 Å². The quantitative estimate of drug-likeness (QED) is 0.369. The number of carbonyl (C=O) groups excluding carboxylic acids is 1. The average molecular weight is 498 g/mol. The molecule has 0 bridgehead atoms. The van der Waals surface area contributed by atoms with Crippen LogP contribution in [0.5, 0.6) is 0 Å². The molecule has 0 atom stereocenters. The van der Waals surface area contributed by atoms with Gasteiger partial charge in [-0.3, -0.25) is 4.79 Å². The predicted molar refractivity (Wildman–Crippen MR) is 124 cm³/mol. The monoisotopic (exact) mass is 498 g/mol. The van der Waals surface area contributed by atoms with E-state index in [9.17, 15) is 26.7 Å². The number of pyridine rings is 1. The van der Waals surface area contributed by atoms with Crippen molar-refractivity contribution in [1.29, 1.82) is 0 Å². The van der Waals surface area contributed by atoms with Crippen LogP contribution in [0.25, 0.3) is 22.4 Å². The molecule has 5 rings (SSSR count). The molecule has 3 N–H and O–H groups in total. The van der Waals surface area contributed by atoms with Gasteiger partial charge in [0.05, 0.1) is 23.4 Å². The Morgan fingerprint density at radius 3 is 2.39 bits per heavy atom. The van der Waals surface area contributed by atoms with Crippen LogP contribution in [0.4, 0.5) is 27.8 Å². The molecular formula is C26H19F5N4O. The van der Waals surface area contributed by atoms with Gasteiger partial charge in [-0.2, -0.15) is 13.2 Å². The van der Waals surface area contributed by atoms with Gasteiger partial charge in [0.2, 0.25) is 0 Å². The number of halogens is 5. The van der Waals surface area contributed by atoms with Crippen molar-refractivity contribution in [2.45, 2.75) is 19.1 Å². The van der Waals surface area contributed by atoms with E-state index in [4.69, 9.17) is 5.73 Å². The summed E-state index contributed by atoms with van der Waals surface area (Å²) < 4.78 is 69.5. The Morgan fingerprint density at radius 1 is 0.972 bits per heavy atom. The number of amides is 1.